The van der Waals surface area contributed by atoms with E-state index in [1.165, 1.54) is 6.33 Å². The highest BCUT2D eigenvalue weighted by Crippen LogP contribution is 2.05. The first-order valence-corrected chi connectivity index (χ1v) is 3.18. The summed E-state index contributed by atoms with van der Waals surface area (Å²) in [6.45, 7) is 0.844. The molecule has 2 rings (SSSR count). The number of aliphatic imine (C=N–C) groups is 1. The summed E-state index contributed by atoms with van der Waals surface area (Å²) in [7, 11) is 0. The van der Waals surface area contributed by atoms with Crippen LogP contribution in [-0.2, 0) is 6.42 Å². The summed E-state index contributed by atoms with van der Waals surface area (Å²) in [6, 6.07) is 0. The van der Waals surface area contributed by atoms with Crippen LogP contribution in [0.2, 0.25) is 0 Å². The summed E-state index contributed by atoms with van der Waals surface area (Å²) in [5, 5.41) is 0. The highest BCUT2D eigenvalue weighted by Gasteiger charge is 2.04. The van der Waals surface area contributed by atoms with Gasteiger partial charge < -0.3 is 0 Å². The van der Waals surface area contributed by atoms with E-state index in [-0.39, 0.29) is 0 Å². The minimum Gasteiger partial charge on any atom is -0.291 e. The monoisotopic (exact) mass is 132 g/mol. The first kappa shape index (κ1) is 5.53. The van der Waals surface area contributed by atoms with Crippen molar-refractivity contribution in [3.8, 4) is 0 Å². The summed E-state index contributed by atoms with van der Waals surface area (Å²) < 4.78 is 0. The van der Waals surface area contributed by atoms with Gasteiger partial charge in [-0.15, -0.1) is 0 Å². The molecule has 0 spiro atoms. The zero-order valence-corrected chi connectivity index (χ0v) is 5.41. The molecule has 0 fully saturated rings. The van der Waals surface area contributed by atoms with Crippen LogP contribution in [0.4, 0.5) is 0 Å². The van der Waals surface area contributed by atoms with Gasteiger partial charge in [-0.05, 0) is 6.42 Å². The van der Waals surface area contributed by atoms with Crippen molar-refractivity contribution in [2.45, 2.75) is 6.42 Å². The maximum Gasteiger partial charge on any atom is 0.116 e. The van der Waals surface area contributed by atoms with Gasteiger partial charge in [0.15, 0.2) is 0 Å². The molecule has 0 unspecified atom stereocenters. The Morgan fingerprint density at radius 3 is 3.40 bits per heavy atom. The molecule has 1 aromatic heterocycles. The van der Waals surface area contributed by atoms with E-state index in [0.29, 0.717) is 0 Å². The quantitative estimate of drug-likeness (QED) is 0.507. The average molecular weight is 132 g/mol. The molecule has 1 aliphatic heterocycles. The van der Waals surface area contributed by atoms with Gasteiger partial charge in [0.1, 0.15) is 6.33 Å². The summed E-state index contributed by atoms with van der Waals surface area (Å²) in [5.74, 6) is 0. The van der Waals surface area contributed by atoms with Crippen LogP contribution in [0.1, 0.15) is 11.3 Å². The fraction of sp³-hybridized carbons (Fsp3) is 0.286. The van der Waals surface area contributed by atoms with E-state index in [1.807, 2.05) is 0 Å². The van der Waals surface area contributed by atoms with Gasteiger partial charge in [0.05, 0.1) is 11.9 Å². The number of hydrogen-bond donors (Lipinski definition) is 0. The van der Waals surface area contributed by atoms with E-state index in [2.05, 4.69) is 21.2 Å². The van der Waals surface area contributed by atoms with Crippen LogP contribution in [0.5, 0.6) is 0 Å². The Morgan fingerprint density at radius 2 is 2.50 bits per heavy atom. The maximum absolute atomic E-state index is 4.08. The molecule has 2 heterocycles. The molecule has 0 aliphatic carbocycles. The fourth-order valence-electron chi connectivity index (χ4n) is 0.956. The second-order valence-corrected chi connectivity index (χ2v) is 2.13. The maximum atomic E-state index is 4.08. The molecule has 0 aromatic carbocycles. The third-order valence-electron chi connectivity index (χ3n) is 1.47. The van der Waals surface area contributed by atoms with E-state index in [0.717, 1.165) is 24.2 Å². The van der Waals surface area contributed by atoms with Crippen molar-refractivity contribution >= 4 is 6.21 Å². The molecule has 10 heavy (non-hydrogen) atoms. The minimum absolute atomic E-state index is 0.844. The Bertz CT molecular complexity index is 267. The molecule has 3 nitrogen and oxygen atoms in total. The molecule has 1 aliphatic rings. The third kappa shape index (κ3) is 0.795. The van der Waals surface area contributed by atoms with E-state index in [9.17, 15) is 0 Å². The van der Waals surface area contributed by atoms with Crippen molar-refractivity contribution in [1.29, 1.82) is 0 Å². The van der Waals surface area contributed by atoms with Crippen LogP contribution in [0.3, 0.4) is 0 Å². The van der Waals surface area contributed by atoms with Crippen molar-refractivity contribution in [2.24, 2.45) is 4.99 Å². The van der Waals surface area contributed by atoms with Crippen LogP contribution in [0, 0.1) is 6.20 Å². The van der Waals surface area contributed by atoms with Gasteiger partial charge in [-0.2, -0.15) is 0 Å². The molecule has 0 saturated heterocycles. The smallest absolute Gasteiger partial charge is 0.116 e. The van der Waals surface area contributed by atoms with E-state index >= 15 is 0 Å². The summed E-state index contributed by atoms with van der Waals surface area (Å²) in [6.07, 6.45) is 7.08. The van der Waals surface area contributed by atoms with Gasteiger partial charge in [0.2, 0.25) is 0 Å². The molecular formula is C7H6N3. The van der Waals surface area contributed by atoms with E-state index < -0.39 is 0 Å². The highest BCUT2D eigenvalue weighted by atomic mass is 14.9. The summed E-state index contributed by atoms with van der Waals surface area (Å²) in [5.41, 5.74) is 2.00. The zero-order chi connectivity index (χ0) is 6.81. The summed E-state index contributed by atoms with van der Waals surface area (Å²) >= 11 is 0. The SMILES string of the molecule is [c]1ncnc2c1CCN=C2. The lowest BCUT2D eigenvalue weighted by molar-refractivity contribution is 0.913. The Labute approximate surface area is 58.9 Å². The van der Waals surface area contributed by atoms with Gasteiger partial charge in [-0.1, -0.05) is 0 Å². The Morgan fingerprint density at radius 1 is 1.50 bits per heavy atom. The Hall–Kier alpha value is -1.25. The van der Waals surface area contributed by atoms with Crippen molar-refractivity contribution in [2.75, 3.05) is 6.54 Å². The lowest BCUT2D eigenvalue weighted by Crippen LogP contribution is -2.05. The third-order valence-corrected chi connectivity index (χ3v) is 1.47. The second-order valence-electron chi connectivity index (χ2n) is 2.13. The van der Waals surface area contributed by atoms with Crippen LogP contribution < -0.4 is 0 Å². The molecule has 0 atom stereocenters. The predicted molar refractivity (Wildman–Crippen MR) is 37.0 cm³/mol. The molecule has 1 aromatic rings. The first-order valence-electron chi connectivity index (χ1n) is 3.18. The molecule has 0 amide bonds. The van der Waals surface area contributed by atoms with Crippen LogP contribution in [0.15, 0.2) is 11.3 Å². The van der Waals surface area contributed by atoms with Crippen molar-refractivity contribution in [1.82, 2.24) is 9.97 Å². The number of fused-ring (bicyclic) bond motifs is 1. The topological polar surface area (TPSA) is 38.1 Å². The number of nitrogens with zero attached hydrogens (tertiary/aromatic N) is 3. The minimum atomic E-state index is 0.844. The lowest BCUT2D eigenvalue weighted by atomic mass is 10.1. The van der Waals surface area contributed by atoms with Crippen LogP contribution >= 0.6 is 0 Å². The Balaban J connectivity index is 2.54. The van der Waals surface area contributed by atoms with Gasteiger partial charge in [-0.3, -0.25) is 4.99 Å². The average Bonchev–Trinajstić information content (AvgIpc) is 2.05. The van der Waals surface area contributed by atoms with Crippen LogP contribution in [-0.4, -0.2) is 22.7 Å². The van der Waals surface area contributed by atoms with Crippen LogP contribution in [0.25, 0.3) is 0 Å². The van der Waals surface area contributed by atoms with E-state index in [4.69, 9.17) is 0 Å². The Kier molecular flexibility index (Phi) is 1.20. The lowest BCUT2D eigenvalue weighted by Gasteiger charge is -2.04. The first-order chi connectivity index (χ1) is 4.97. The number of aromatic nitrogens is 2. The largest absolute Gasteiger partial charge is 0.291 e. The van der Waals surface area contributed by atoms with Crippen molar-refractivity contribution in [3.63, 3.8) is 0 Å². The van der Waals surface area contributed by atoms with Gasteiger partial charge in [-0.25, -0.2) is 9.97 Å². The van der Waals surface area contributed by atoms with E-state index in [1.54, 1.807) is 6.21 Å². The number of hydrogen-bond acceptors (Lipinski definition) is 3. The fourth-order valence-corrected chi connectivity index (χ4v) is 0.956. The normalized spacial score (nSPS) is 14.8. The molecule has 0 saturated carbocycles. The van der Waals surface area contributed by atoms with Gasteiger partial charge >= 0.3 is 0 Å². The molecule has 1 radical (unpaired) electrons. The number of rotatable bonds is 0. The van der Waals surface area contributed by atoms with Gasteiger partial charge in [0, 0.05) is 18.3 Å². The summed E-state index contributed by atoms with van der Waals surface area (Å²) in [4.78, 5) is 11.9. The predicted octanol–water partition coefficient (Wildman–Crippen LogP) is 0.252. The van der Waals surface area contributed by atoms with Crippen molar-refractivity contribution in [3.05, 3.63) is 23.8 Å². The molecule has 0 N–H and O–H groups in total. The molecule has 0 bridgehead atoms. The molecule has 3 heteroatoms. The zero-order valence-electron chi connectivity index (χ0n) is 5.41. The van der Waals surface area contributed by atoms with Crippen molar-refractivity contribution < 1.29 is 0 Å². The highest BCUT2D eigenvalue weighted by molar-refractivity contribution is 5.79. The van der Waals surface area contributed by atoms with Gasteiger partial charge in [0.25, 0.3) is 0 Å². The standard InChI is InChI=1S/C7H6N3/c1-2-8-4-7-6(1)3-9-5-10-7/h4-5H,1-2H2. The second kappa shape index (κ2) is 2.17. The molecule has 49 valence electrons. The molecular weight excluding hydrogens is 126 g/mol.